The van der Waals surface area contributed by atoms with Crippen molar-refractivity contribution in [2.45, 2.75) is 52.3 Å². The molecule has 2 amide bonds. The first-order valence-corrected chi connectivity index (χ1v) is 7.69. The number of amides is 2. The molecule has 120 valence electrons. The topological polar surface area (TPSA) is 60.9 Å². The maximum Gasteiger partial charge on any atom is 0.246 e. The van der Waals surface area contributed by atoms with Gasteiger partial charge in [-0.3, -0.25) is 14.5 Å². The summed E-state index contributed by atoms with van der Waals surface area (Å²) in [6, 6.07) is 7.07. The second-order valence-electron chi connectivity index (χ2n) is 6.17. The third-order valence-corrected chi connectivity index (χ3v) is 3.97. The van der Waals surface area contributed by atoms with E-state index in [9.17, 15) is 14.7 Å². The molecule has 5 heteroatoms. The van der Waals surface area contributed by atoms with Crippen molar-refractivity contribution in [1.82, 2.24) is 4.90 Å². The number of carbonyl (C=O) groups is 2. The minimum Gasteiger partial charge on any atom is -0.392 e. The molecule has 0 bridgehead atoms. The predicted octanol–water partition coefficient (Wildman–Crippen LogP) is 1.58. The molecular weight excluding hydrogens is 280 g/mol. The number of aliphatic hydroxyl groups excluding tert-OH is 1. The summed E-state index contributed by atoms with van der Waals surface area (Å²) >= 11 is 0. The maximum absolute atomic E-state index is 12.9. The molecule has 22 heavy (non-hydrogen) atoms. The van der Waals surface area contributed by atoms with Crippen LogP contribution in [-0.2, 0) is 16.0 Å². The number of fused-ring (bicyclic) bond motifs is 1. The van der Waals surface area contributed by atoms with Gasteiger partial charge in [0.1, 0.15) is 6.04 Å². The first-order valence-electron chi connectivity index (χ1n) is 7.69. The number of hydrogen-bond donors (Lipinski definition) is 1. The molecular formula is C17H24N2O3. The van der Waals surface area contributed by atoms with Gasteiger partial charge in [0.05, 0.1) is 6.10 Å². The molecule has 1 aromatic rings. The summed E-state index contributed by atoms with van der Waals surface area (Å²) in [5.74, 6) is -0.244. The van der Waals surface area contributed by atoms with Gasteiger partial charge in [-0.1, -0.05) is 18.2 Å². The number of anilines is 1. The summed E-state index contributed by atoms with van der Waals surface area (Å²) in [4.78, 5) is 28.2. The van der Waals surface area contributed by atoms with Crippen LogP contribution in [0, 0.1) is 0 Å². The van der Waals surface area contributed by atoms with Gasteiger partial charge in [0.2, 0.25) is 11.8 Å². The van der Waals surface area contributed by atoms with Crippen LogP contribution in [0.15, 0.2) is 24.3 Å². The quantitative estimate of drug-likeness (QED) is 0.919. The lowest BCUT2D eigenvalue weighted by Crippen LogP contribution is -2.52. The molecule has 1 aromatic carbocycles. The number of hydrogen-bond acceptors (Lipinski definition) is 3. The molecule has 1 N–H and O–H groups in total. The van der Waals surface area contributed by atoms with Gasteiger partial charge in [0.15, 0.2) is 0 Å². The van der Waals surface area contributed by atoms with Crippen LogP contribution in [0.3, 0.4) is 0 Å². The van der Waals surface area contributed by atoms with Gasteiger partial charge < -0.3 is 10.0 Å². The fourth-order valence-electron chi connectivity index (χ4n) is 3.00. The van der Waals surface area contributed by atoms with E-state index in [-0.39, 0.29) is 24.4 Å². The van der Waals surface area contributed by atoms with Crippen LogP contribution in [0.1, 0.15) is 33.3 Å². The van der Waals surface area contributed by atoms with Gasteiger partial charge in [-0.15, -0.1) is 0 Å². The average Bonchev–Trinajstić information content (AvgIpc) is 2.83. The van der Waals surface area contributed by atoms with Crippen molar-refractivity contribution in [3.63, 3.8) is 0 Å². The van der Waals surface area contributed by atoms with E-state index in [1.165, 1.54) is 6.92 Å². The molecule has 2 atom stereocenters. The first kappa shape index (κ1) is 16.5. The van der Waals surface area contributed by atoms with Crippen LogP contribution in [0.4, 0.5) is 5.69 Å². The molecule has 0 radical (unpaired) electrons. The number of carbonyl (C=O) groups excluding carboxylic acids is 2. The highest BCUT2D eigenvalue weighted by atomic mass is 16.3. The molecule has 1 aliphatic rings. The zero-order valence-corrected chi connectivity index (χ0v) is 13.6. The van der Waals surface area contributed by atoms with E-state index in [0.717, 1.165) is 11.3 Å². The summed E-state index contributed by atoms with van der Waals surface area (Å²) in [7, 11) is 0. The van der Waals surface area contributed by atoms with Gasteiger partial charge in [-0.2, -0.15) is 0 Å². The van der Waals surface area contributed by atoms with Crippen LogP contribution < -0.4 is 4.90 Å². The SMILES string of the molecule is CC(=O)N1c2ccccc2C[C@H]1C(=O)N(CC(C)O)C(C)C. The minimum atomic E-state index is -0.596. The van der Waals surface area contributed by atoms with E-state index in [0.29, 0.717) is 6.42 Å². The van der Waals surface area contributed by atoms with Crippen LogP contribution in [-0.4, -0.2) is 46.6 Å². The fourth-order valence-corrected chi connectivity index (χ4v) is 3.00. The molecule has 0 saturated heterocycles. The molecule has 0 spiro atoms. The lowest BCUT2D eigenvalue weighted by molar-refractivity contribution is -0.137. The van der Waals surface area contributed by atoms with E-state index in [2.05, 4.69) is 0 Å². The van der Waals surface area contributed by atoms with E-state index in [1.807, 2.05) is 38.1 Å². The Kier molecular flexibility index (Phi) is 4.86. The van der Waals surface area contributed by atoms with E-state index >= 15 is 0 Å². The Bertz CT molecular complexity index is 569. The summed E-state index contributed by atoms with van der Waals surface area (Å²) in [6.45, 7) is 7.25. The molecule has 1 heterocycles. The highest BCUT2D eigenvalue weighted by Gasteiger charge is 2.39. The lowest BCUT2D eigenvalue weighted by Gasteiger charge is -2.33. The second kappa shape index (κ2) is 6.48. The van der Waals surface area contributed by atoms with Crippen LogP contribution >= 0.6 is 0 Å². The number of rotatable bonds is 4. The monoisotopic (exact) mass is 304 g/mol. The Labute approximate surface area is 131 Å². The Morgan fingerprint density at radius 3 is 2.50 bits per heavy atom. The molecule has 1 aliphatic heterocycles. The number of benzene rings is 1. The second-order valence-corrected chi connectivity index (χ2v) is 6.17. The fraction of sp³-hybridized carbons (Fsp3) is 0.529. The van der Waals surface area contributed by atoms with Crippen LogP contribution in [0.5, 0.6) is 0 Å². The smallest absolute Gasteiger partial charge is 0.246 e. The standard InChI is InChI=1S/C17H24N2O3/c1-11(2)18(10-12(3)20)17(22)16-9-14-7-5-6-8-15(14)19(16)13(4)21/h5-8,11-12,16,20H,9-10H2,1-4H3/t12?,16-/m0/s1. The molecule has 0 saturated carbocycles. The summed E-state index contributed by atoms with van der Waals surface area (Å²) in [6.07, 6.45) is -0.0710. The number of aliphatic hydroxyl groups is 1. The van der Waals surface area contributed by atoms with Gasteiger partial charge in [0.25, 0.3) is 0 Å². The van der Waals surface area contributed by atoms with E-state index in [1.54, 1.807) is 16.7 Å². The molecule has 1 unspecified atom stereocenters. The Balaban J connectivity index is 2.31. The molecule has 0 aromatic heterocycles. The minimum absolute atomic E-state index is 0.0281. The Hall–Kier alpha value is -1.88. The summed E-state index contributed by atoms with van der Waals surface area (Å²) in [5.41, 5.74) is 1.82. The summed E-state index contributed by atoms with van der Waals surface area (Å²) < 4.78 is 0. The lowest BCUT2D eigenvalue weighted by atomic mass is 10.1. The summed E-state index contributed by atoms with van der Waals surface area (Å²) in [5, 5.41) is 9.64. The van der Waals surface area contributed by atoms with E-state index < -0.39 is 12.1 Å². The van der Waals surface area contributed by atoms with Crippen LogP contribution in [0.2, 0.25) is 0 Å². The molecule has 0 aliphatic carbocycles. The number of para-hydroxylation sites is 1. The first-order chi connectivity index (χ1) is 10.3. The van der Waals surface area contributed by atoms with Gasteiger partial charge >= 0.3 is 0 Å². The van der Waals surface area contributed by atoms with Crippen molar-refractivity contribution < 1.29 is 14.7 Å². The third kappa shape index (κ3) is 3.14. The van der Waals surface area contributed by atoms with Crippen molar-refractivity contribution >= 4 is 17.5 Å². The average molecular weight is 304 g/mol. The molecule has 5 nitrogen and oxygen atoms in total. The Morgan fingerprint density at radius 1 is 1.32 bits per heavy atom. The van der Waals surface area contributed by atoms with Gasteiger partial charge in [-0.25, -0.2) is 0 Å². The third-order valence-electron chi connectivity index (χ3n) is 3.97. The predicted molar refractivity (Wildman–Crippen MR) is 85.6 cm³/mol. The largest absolute Gasteiger partial charge is 0.392 e. The molecule has 2 rings (SSSR count). The highest BCUT2D eigenvalue weighted by molar-refractivity contribution is 6.02. The number of nitrogens with zero attached hydrogens (tertiary/aromatic N) is 2. The molecule has 0 fully saturated rings. The van der Waals surface area contributed by atoms with Gasteiger partial charge in [0, 0.05) is 31.6 Å². The van der Waals surface area contributed by atoms with Crippen molar-refractivity contribution in [2.24, 2.45) is 0 Å². The maximum atomic E-state index is 12.9. The van der Waals surface area contributed by atoms with Gasteiger partial charge in [-0.05, 0) is 32.4 Å². The zero-order chi connectivity index (χ0) is 16.4. The Morgan fingerprint density at radius 2 is 1.95 bits per heavy atom. The van der Waals surface area contributed by atoms with E-state index in [4.69, 9.17) is 0 Å². The van der Waals surface area contributed by atoms with Crippen LogP contribution in [0.25, 0.3) is 0 Å². The van der Waals surface area contributed by atoms with Crippen molar-refractivity contribution in [3.8, 4) is 0 Å². The highest BCUT2D eigenvalue weighted by Crippen LogP contribution is 2.33. The van der Waals surface area contributed by atoms with Crippen molar-refractivity contribution in [1.29, 1.82) is 0 Å². The van der Waals surface area contributed by atoms with Crippen molar-refractivity contribution in [2.75, 3.05) is 11.4 Å². The van der Waals surface area contributed by atoms with Crippen molar-refractivity contribution in [3.05, 3.63) is 29.8 Å². The normalized spacial score (nSPS) is 18.3. The zero-order valence-electron chi connectivity index (χ0n) is 13.6.